The van der Waals surface area contributed by atoms with Gasteiger partial charge in [0.2, 0.25) is 5.76 Å². The van der Waals surface area contributed by atoms with E-state index in [-0.39, 0.29) is 5.91 Å². The second kappa shape index (κ2) is 8.24. The molecule has 0 atom stereocenters. The molecule has 3 aromatic rings. The van der Waals surface area contributed by atoms with Crippen LogP contribution in [0.3, 0.4) is 0 Å². The van der Waals surface area contributed by atoms with Crippen molar-refractivity contribution >= 4 is 28.5 Å². The third-order valence-corrected chi connectivity index (χ3v) is 5.55. The number of hydrogen-bond acceptors (Lipinski definition) is 2. The molecule has 3 nitrogen and oxygen atoms in total. The maximum Gasteiger partial charge on any atom is 0.287 e. The Morgan fingerprint density at radius 3 is 2.71 bits per heavy atom. The van der Waals surface area contributed by atoms with Crippen molar-refractivity contribution in [3.8, 4) is 11.1 Å². The molecule has 1 aliphatic carbocycles. The fourth-order valence-electron chi connectivity index (χ4n) is 3.82. The van der Waals surface area contributed by atoms with Crippen molar-refractivity contribution in [3.05, 3.63) is 70.5 Å². The Hall–Kier alpha value is -2.52. The Morgan fingerprint density at radius 2 is 1.96 bits per heavy atom. The number of rotatable bonds is 5. The van der Waals surface area contributed by atoms with Gasteiger partial charge >= 0.3 is 0 Å². The number of carbonyl (C=O) groups is 1. The van der Waals surface area contributed by atoms with E-state index in [2.05, 4.69) is 17.5 Å². The Morgan fingerprint density at radius 1 is 1.14 bits per heavy atom. The lowest BCUT2D eigenvalue weighted by Gasteiger charge is -2.12. The fourth-order valence-corrected chi connectivity index (χ4v) is 3.95. The predicted molar refractivity (Wildman–Crippen MR) is 115 cm³/mol. The van der Waals surface area contributed by atoms with E-state index in [4.69, 9.17) is 16.0 Å². The Balaban J connectivity index is 1.63. The summed E-state index contributed by atoms with van der Waals surface area (Å²) in [4.78, 5) is 13.0. The van der Waals surface area contributed by atoms with Crippen LogP contribution in [-0.4, -0.2) is 12.5 Å². The van der Waals surface area contributed by atoms with Crippen molar-refractivity contribution < 1.29 is 9.21 Å². The smallest absolute Gasteiger partial charge is 0.287 e. The molecule has 0 aliphatic heterocycles. The van der Waals surface area contributed by atoms with Gasteiger partial charge in [0, 0.05) is 22.5 Å². The lowest BCUT2D eigenvalue weighted by molar-refractivity contribution is 0.0929. The molecule has 1 amide bonds. The first-order valence-corrected chi connectivity index (χ1v) is 10.2. The minimum absolute atomic E-state index is 0.171. The summed E-state index contributed by atoms with van der Waals surface area (Å²) in [6.45, 7) is 2.66. The maximum atomic E-state index is 13.0. The van der Waals surface area contributed by atoms with Crippen LogP contribution in [0.15, 0.2) is 58.5 Å². The van der Waals surface area contributed by atoms with E-state index in [1.807, 2.05) is 43.3 Å². The summed E-state index contributed by atoms with van der Waals surface area (Å²) in [5.41, 5.74) is 5.04. The van der Waals surface area contributed by atoms with E-state index in [1.54, 1.807) is 0 Å². The van der Waals surface area contributed by atoms with E-state index in [0.29, 0.717) is 17.3 Å². The first-order valence-electron chi connectivity index (χ1n) is 9.87. The van der Waals surface area contributed by atoms with E-state index in [0.717, 1.165) is 46.9 Å². The fraction of sp³-hybridized carbons (Fsp3) is 0.292. The quantitative estimate of drug-likeness (QED) is 0.491. The number of fused-ring (bicyclic) bond motifs is 1. The Kier molecular flexibility index (Phi) is 5.54. The highest BCUT2D eigenvalue weighted by Crippen LogP contribution is 2.36. The van der Waals surface area contributed by atoms with Gasteiger partial charge in [-0.05, 0) is 68.9 Å². The molecule has 2 aromatic carbocycles. The van der Waals surface area contributed by atoms with Gasteiger partial charge < -0.3 is 9.73 Å². The molecule has 1 aromatic heterocycles. The molecule has 4 heteroatoms. The third kappa shape index (κ3) is 4.00. The Bertz CT molecular complexity index is 1030. The predicted octanol–water partition coefficient (Wildman–Crippen LogP) is 6.68. The number of aryl methyl sites for hydroxylation is 1. The summed E-state index contributed by atoms with van der Waals surface area (Å²) in [6, 6.07) is 13.5. The largest absolute Gasteiger partial charge is 0.450 e. The summed E-state index contributed by atoms with van der Waals surface area (Å²) in [5, 5.41) is 4.66. The average molecular weight is 394 g/mol. The lowest BCUT2D eigenvalue weighted by Crippen LogP contribution is -2.25. The topological polar surface area (TPSA) is 42.2 Å². The molecule has 0 unspecified atom stereocenters. The van der Waals surface area contributed by atoms with E-state index >= 15 is 0 Å². The molecule has 1 heterocycles. The van der Waals surface area contributed by atoms with Crippen LogP contribution < -0.4 is 5.32 Å². The van der Waals surface area contributed by atoms with Crippen LogP contribution in [0, 0.1) is 6.92 Å². The molecule has 1 aliphatic rings. The molecule has 0 bridgehead atoms. The zero-order valence-corrected chi connectivity index (χ0v) is 16.8. The SMILES string of the molecule is Cc1ccc2oc(C(=O)NCCC3=CCCCC3)c(-c3ccc(Cl)cc3)c2c1. The summed E-state index contributed by atoms with van der Waals surface area (Å²) >= 11 is 6.05. The number of amides is 1. The highest BCUT2D eigenvalue weighted by molar-refractivity contribution is 6.30. The number of hydrogen-bond donors (Lipinski definition) is 1. The molecule has 0 spiro atoms. The molecule has 28 heavy (non-hydrogen) atoms. The van der Waals surface area contributed by atoms with Crippen LogP contribution >= 0.6 is 11.6 Å². The summed E-state index contributed by atoms with van der Waals surface area (Å²) in [7, 11) is 0. The molecule has 0 saturated carbocycles. The molecule has 144 valence electrons. The van der Waals surface area contributed by atoms with Crippen LogP contribution in [0.4, 0.5) is 0 Å². The van der Waals surface area contributed by atoms with Crippen molar-refractivity contribution in [1.82, 2.24) is 5.32 Å². The standard InChI is InChI=1S/C24H24ClNO2/c1-16-7-12-21-20(15-16)22(18-8-10-19(25)11-9-18)23(28-21)24(27)26-14-13-17-5-3-2-4-6-17/h5,7-12,15H,2-4,6,13-14H2,1H3,(H,26,27). The van der Waals surface area contributed by atoms with Crippen molar-refractivity contribution in [2.24, 2.45) is 0 Å². The number of nitrogens with one attached hydrogen (secondary N) is 1. The van der Waals surface area contributed by atoms with Gasteiger partial charge in [0.05, 0.1) is 0 Å². The minimum Gasteiger partial charge on any atom is -0.450 e. The number of allylic oxidation sites excluding steroid dienone is 1. The van der Waals surface area contributed by atoms with Crippen LogP contribution in [-0.2, 0) is 0 Å². The van der Waals surface area contributed by atoms with Gasteiger partial charge in [0.1, 0.15) is 5.58 Å². The highest BCUT2D eigenvalue weighted by Gasteiger charge is 2.22. The zero-order valence-electron chi connectivity index (χ0n) is 16.1. The normalized spacial score (nSPS) is 14.1. The van der Waals surface area contributed by atoms with E-state index in [1.165, 1.54) is 18.4 Å². The number of benzene rings is 2. The van der Waals surface area contributed by atoms with Crippen molar-refractivity contribution in [3.63, 3.8) is 0 Å². The summed E-state index contributed by atoms with van der Waals surface area (Å²) < 4.78 is 5.98. The van der Waals surface area contributed by atoms with Gasteiger partial charge in [0.15, 0.2) is 0 Å². The zero-order chi connectivity index (χ0) is 19.5. The van der Waals surface area contributed by atoms with Gasteiger partial charge in [-0.15, -0.1) is 0 Å². The van der Waals surface area contributed by atoms with Gasteiger partial charge in [-0.2, -0.15) is 0 Å². The number of furan rings is 1. The maximum absolute atomic E-state index is 13.0. The second-order valence-electron chi connectivity index (χ2n) is 7.43. The van der Waals surface area contributed by atoms with E-state index < -0.39 is 0 Å². The second-order valence-corrected chi connectivity index (χ2v) is 7.86. The third-order valence-electron chi connectivity index (χ3n) is 5.30. The highest BCUT2D eigenvalue weighted by atomic mass is 35.5. The first kappa shape index (κ1) is 18.8. The lowest BCUT2D eigenvalue weighted by atomic mass is 9.97. The molecule has 4 rings (SSSR count). The van der Waals surface area contributed by atoms with Crippen molar-refractivity contribution in [2.45, 2.75) is 39.0 Å². The number of halogens is 1. The van der Waals surface area contributed by atoms with Crippen LogP contribution in [0.5, 0.6) is 0 Å². The molecule has 0 fully saturated rings. The van der Waals surface area contributed by atoms with E-state index in [9.17, 15) is 4.79 Å². The average Bonchev–Trinajstić information content (AvgIpc) is 3.08. The van der Waals surface area contributed by atoms with Gasteiger partial charge in [-0.3, -0.25) is 4.79 Å². The van der Waals surface area contributed by atoms with Crippen LogP contribution in [0.2, 0.25) is 5.02 Å². The van der Waals surface area contributed by atoms with Crippen LogP contribution in [0.1, 0.15) is 48.2 Å². The van der Waals surface area contributed by atoms with Crippen LogP contribution in [0.25, 0.3) is 22.1 Å². The molecule has 0 saturated heterocycles. The molecule has 1 N–H and O–H groups in total. The van der Waals surface area contributed by atoms with Crippen molar-refractivity contribution in [2.75, 3.05) is 6.54 Å². The summed E-state index contributed by atoms with van der Waals surface area (Å²) in [5.74, 6) is 0.191. The Labute approximate surface area is 170 Å². The molecular formula is C24H24ClNO2. The van der Waals surface area contributed by atoms with Gasteiger partial charge in [-0.25, -0.2) is 0 Å². The number of carbonyl (C=O) groups excluding carboxylic acids is 1. The summed E-state index contributed by atoms with van der Waals surface area (Å²) in [6.07, 6.45) is 8.06. The molecular weight excluding hydrogens is 370 g/mol. The first-order chi connectivity index (χ1) is 13.6. The molecule has 0 radical (unpaired) electrons. The van der Waals surface area contributed by atoms with Gasteiger partial charge in [-0.1, -0.05) is 47.0 Å². The van der Waals surface area contributed by atoms with Crippen molar-refractivity contribution in [1.29, 1.82) is 0 Å². The minimum atomic E-state index is -0.171. The van der Waals surface area contributed by atoms with Gasteiger partial charge in [0.25, 0.3) is 5.91 Å². The monoisotopic (exact) mass is 393 g/mol.